The molecule has 3 rings (SSSR count). The zero-order valence-corrected chi connectivity index (χ0v) is 19.5. The summed E-state index contributed by atoms with van der Waals surface area (Å²) in [6.07, 6.45) is 0.863. The Morgan fingerprint density at radius 3 is 2.39 bits per heavy atom. The SMILES string of the molecule is Cc1ccc(S(=O)(=O)Nc2ccc(C(=O)NCCCN3CCN(C)CC3)c(Cl)c2)cc1. The van der Waals surface area contributed by atoms with Crippen molar-refractivity contribution in [1.29, 1.82) is 0 Å². The molecule has 0 aliphatic carbocycles. The third-order valence-electron chi connectivity index (χ3n) is 5.33. The minimum absolute atomic E-state index is 0.163. The third kappa shape index (κ3) is 6.67. The molecule has 0 bridgehead atoms. The summed E-state index contributed by atoms with van der Waals surface area (Å²) in [6, 6.07) is 11.1. The lowest BCUT2D eigenvalue weighted by Gasteiger charge is -2.32. The van der Waals surface area contributed by atoms with E-state index < -0.39 is 10.0 Å². The number of nitrogens with zero attached hydrogens (tertiary/aromatic N) is 2. The van der Waals surface area contributed by atoms with E-state index in [-0.39, 0.29) is 15.8 Å². The van der Waals surface area contributed by atoms with Gasteiger partial charge in [0.25, 0.3) is 15.9 Å². The number of anilines is 1. The number of carbonyl (C=O) groups is 1. The summed E-state index contributed by atoms with van der Waals surface area (Å²) < 4.78 is 27.6. The molecule has 31 heavy (non-hydrogen) atoms. The van der Waals surface area contributed by atoms with Gasteiger partial charge in [0.1, 0.15) is 0 Å². The molecule has 0 atom stereocenters. The smallest absolute Gasteiger partial charge is 0.261 e. The monoisotopic (exact) mass is 464 g/mol. The molecule has 1 fully saturated rings. The Hall–Kier alpha value is -2.13. The first-order valence-electron chi connectivity index (χ1n) is 10.3. The van der Waals surface area contributed by atoms with Crippen LogP contribution in [0, 0.1) is 6.92 Å². The number of benzene rings is 2. The molecule has 0 aromatic heterocycles. The van der Waals surface area contributed by atoms with Crippen LogP contribution in [0.3, 0.4) is 0 Å². The summed E-state index contributed by atoms with van der Waals surface area (Å²) in [7, 11) is -1.60. The minimum Gasteiger partial charge on any atom is -0.352 e. The van der Waals surface area contributed by atoms with Crippen molar-refractivity contribution in [3.05, 3.63) is 58.6 Å². The van der Waals surface area contributed by atoms with E-state index in [1.54, 1.807) is 24.3 Å². The molecule has 1 heterocycles. The van der Waals surface area contributed by atoms with Crippen LogP contribution in [-0.4, -0.2) is 70.4 Å². The number of aryl methyl sites for hydroxylation is 1. The lowest BCUT2D eigenvalue weighted by molar-refractivity contribution is 0.0949. The molecule has 1 aliphatic rings. The van der Waals surface area contributed by atoms with E-state index >= 15 is 0 Å². The number of halogens is 1. The highest BCUT2D eigenvalue weighted by Gasteiger charge is 2.17. The van der Waals surface area contributed by atoms with E-state index in [0.29, 0.717) is 17.8 Å². The number of rotatable bonds is 8. The number of likely N-dealkylation sites (N-methyl/N-ethyl adjacent to an activating group) is 1. The summed E-state index contributed by atoms with van der Waals surface area (Å²) in [6.45, 7) is 7.64. The summed E-state index contributed by atoms with van der Waals surface area (Å²) >= 11 is 6.26. The molecule has 0 radical (unpaired) electrons. The van der Waals surface area contributed by atoms with Crippen LogP contribution in [0.2, 0.25) is 5.02 Å². The van der Waals surface area contributed by atoms with Crippen molar-refractivity contribution in [3.8, 4) is 0 Å². The van der Waals surface area contributed by atoms with Crippen molar-refractivity contribution in [1.82, 2.24) is 15.1 Å². The maximum Gasteiger partial charge on any atom is 0.261 e. The van der Waals surface area contributed by atoms with Gasteiger partial charge in [0, 0.05) is 32.7 Å². The Morgan fingerprint density at radius 2 is 1.74 bits per heavy atom. The zero-order chi connectivity index (χ0) is 22.4. The van der Waals surface area contributed by atoms with Crippen molar-refractivity contribution < 1.29 is 13.2 Å². The van der Waals surface area contributed by atoms with Gasteiger partial charge in [-0.1, -0.05) is 29.3 Å². The minimum atomic E-state index is -3.73. The maximum atomic E-state index is 12.5. The van der Waals surface area contributed by atoms with Crippen LogP contribution >= 0.6 is 11.6 Å². The van der Waals surface area contributed by atoms with Crippen molar-refractivity contribution in [3.63, 3.8) is 0 Å². The van der Waals surface area contributed by atoms with Gasteiger partial charge in [0.15, 0.2) is 0 Å². The highest BCUT2D eigenvalue weighted by molar-refractivity contribution is 7.92. The van der Waals surface area contributed by atoms with Gasteiger partial charge in [-0.2, -0.15) is 0 Å². The summed E-state index contributed by atoms with van der Waals surface area (Å²) in [5.74, 6) is -0.267. The second kappa shape index (κ2) is 10.5. The number of hydrogen-bond acceptors (Lipinski definition) is 5. The van der Waals surface area contributed by atoms with Gasteiger partial charge in [-0.25, -0.2) is 8.42 Å². The lowest BCUT2D eigenvalue weighted by atomic mass is 10.2. The van der Waals surface area contributed by atoms with Crippen molar-refractivity contribution >= 4 is 33.2 Å². The summed E-state index contributed by atoms with van der Waals surface area (Å²) in [4.78, 5) is 17.3. The maximum absolute atomic E-state index is 12.5. The summed E-state index contributed by atoms with van der Waals surface area (Å²) in [5.41, 5.74) is 1.60. The number of piperazine rings is 1. The van der Waals surface area contributed by atoms with E-state index in [9.17, 15) is 13.2 Å². The second-order valence-electron chi connectivity index (χ2n) is 7.87. The third-order valence-corrected chi connectivity index (χ3v) is 7.04. The fourth-order valence-corrected chi connectivity index (χ4v) is 4.68. The first kappa shape index (κ1) is 23.5. The predicted molar refractivity (Wildman–Crippen MR) is 124 cm³/mol. The first-order chi connectivity index (χ1) is 14.7. The Kier molecular flexibility index (Phi) is 7.94. The van der Waals surface area contributed by atoms with Crippen LogP contribution in [-0.2, 0) is 10.0 Å². The van der Waals surface area contributed by atoms with Crippen LogP contribution < -0.4 is 10.0 Å². The number of nitrogens with one attached hydrogen (secondary N) is 2. The van der Waals surface area contributed by atoms with E-state index in [1.807, 2.05) is 6.92 Å². The number of sulfonamides is 1. The topological polar surface area (TPSA) is 81.7 Å². The predicted octanol–water partition coefficient (Wildman–Crippen LogP) is 2.82. The molecule has 0 unspecified atom stereocenters. The molecule has 2 N–H and O–H groups in total. The molecule has 0 spiro atoms. The Balaban J connectivity index is 1.52. The molecule has 1 aliphatic heterocycles. The number of carbonyl (C=O) groups excluding carboxylic acids is 1. The molecule has 2 aromatic carbocycles. The van der Waals surface area contributed by atoms with E-state index in [4.69, 9.17) is 11.6 Å². The average Bonchev–Trinajstić information content (AvgIpc) is 2.72. The largest absolute Gasteiger partial charge is 0.352 e. The molecule has 1 amide bonds. The molecular formula is C22H29ClN4O3S. The van der Waals surface area contributed by atoms with Gasteiger partial charge in [0.05, 0.1) is 21.2 Å². The van der Waals surface area contributed by atoms with Gasteiger partial charge in [0.2, 0.25) is 0 Å². The van der Waals surface area contributed by atoms with Crippen LogP contribution in [0.1, 0.15) is 22.3 Å². The molecule has 1 saturated heterocycles. The normalized spacial score (nSPS) is 15.6. The second-order valence-corrected chi connectivity index (χ2v) is 9.96. The summed E-state index contributed by atoms with van der Waals surface area (Å²) in [5, 5.41) is 3.08. The van der Waals surface area contributed by atoms with Crippen LogP contribution in [0.5, 0.6) is 0 Å². The number of hydrogen-bond donors (Lipinski definition) is 2. The van der Waals surface area contributed by atoms with Crippen LogP contribution in [0.15, 0.2) is 47.4 Å². The fraction of sp³-hybridized carbons (Fsp3) is 0.409. The molecule has 168 valence electrons. The Labute approximate surface area is 189 Å². The van der Waals surface area contributed by atoms with E-state index in [0.717, 1.165) is 44.7 Å². The van der Waals surface area contributed by atoms with Gasteiger partial charge in [-0.15, -0.1) is 0 Å². The molecule has 2 aromatic rings. The Morgan fingerprint density at radius 1 is 1.06 bits per heavy atom. The van der Waals surface area contributed by atoms with Crippen molar-refractivity contribution in [2.75, 3.05) is 51.0 Å². The standard InChI is InChI=1S/C22H29ClN4O3S/c1-17-4-7-19(8-5-17)31(29,30)25-18-6-9-20(21(23)16-18)22(28)24-10-3-11-27-14-12-26(2)13-15-27/h4-9,16,25H,3,10-15H2,1-2H3,(H,24,28). The van der Waals surface area contributed by atoms with Crippen molar-refractivity contribution in [2.24, 2.45) is 0 Å². The van der Waals surface area contributed by atoms with Crippen molar-refractivity contribution in [2.45, 2.75) is 18.2 Å². The first-order valence-corrected chi connectivity index (χ1v) is 12.2. The zero-order valence-electron chi connectivity index (χ0n) is 17.9. The molecular weight excluding hydrogens is 436 g/mol. The van der Waals surface area contributed by atoms with Gasteiger partial charge in [-0.05, 0) is 57.3 Å². The van der Waals surface area contributed by atoms with E-state index in [2.05, 4.69) is 26.9 Å². The Bertz CT molecular complexity index is 1000. The fourth-order valence-electron chi connectivity index (χ4n) is 3.37. The van der Waals surface area contributed by atoms with Gasteiger partial charge >= 0.3 is 0 Å². The highest BCUT2D eigenvalue weighted by atomic mass is 35.5. The van der Waals surface area contributed by atoms with Gasteiger partial charge < -0.3 is 15.1 Å². The van der Waals surface area contributed by atoms with Crippen LogP contribution in [0.4, 0.5) is 5.69 Å². The quantitative estimate of drug-likeness (QED) is 0.587. The molecule has 9 heteroatoms. The molecule has 0 saturated carbocycles. The molecule has 7 nitrogen and oxygen atoms in total. The average molecular weight is 465 g/mol. The lowest BCUT2D eigenvalue weighted by Crippen LogP contribution is -2.45. The van der Waals surface area contributed by atoms with E-state index in [1.165, 1.54) is 18.2 Å². The highest BCUT2D eigenvalue weighted by Crippen LogP contribution is 2.23. The van der Waals surface area contributed by atoms with Gasteiger partial charge in [-0.3, -0.25) is 9.52 Å². The van der Waals surface area contributed by atoms with Crippen LogP contribution in [0.25, 0.3) is 0 Å². The number of amides is 1.